The Bertz CT molecular complexity index is 1060. The molecule has 0 bridgehead atoms. The molecule has 0 heterocycles. The Hall–Kier alpha value is -2.54. The number of benzene rings is 2. The normalized spacial score (nSPS) is 10.6. The molecule has 0 fully saturated rings. The summed E-state index contributed by atoms with van der Waals surface area (Å²) in [4.78, 5) is 1.35. The fourth-order valence-corrected chi connectivity index (χ4v) is 5.37. The number of unbranched alkanes of at least 4 members (excludes halogenated alkanes) is 10. The van der Waals surface area contributed by atoms with Gasteiger partial charge in [0.2, 0.25) is 0 Å². The Morgan fingerprint density at radius 1 is 0.757 bits per heavy atom. The summed E-state index contributed by atoms with van der Waals surface area (Å²) in [5.74, 6) is 0.580. The number of nitrogens with zero attached hydrogens (tertiary/aromatic N) is 2. The van der Waals surface area contributed by atoms with E-state index in [4.69, 9.17) is 26.8 Å². The molecule has 200 valence electrons. The summed E-state index contributed by atoms with van der Waals surface area (Å²) in [5.41, 5.74) is 7.09. The highest BCUT2D eigenvalue weighted by molar-refractivity contribution is 7.99. The highest BCUT2D eigenvalue weighted by atomic mass is 35.5. The number of nitriles is 2. The molecule has 0 aliphatic carbocycles. The Balaban J connectivity index is 2.31. The van der Waals surface area contributed by atoms with Crippen LogP contribution in [-0.2, 0) is 0 Å². The predicted molar refractivity (Wildman–Crippen MR) is 154 cm³/mol. The van der Waals surface area contributed by atoms with Crippen molar-refractivity contribution in [2.75, 3.05) is 18.9 Å². The van der Waals surface area contributed by atoms with Gasteiger partial charge in [-0.25, -0.2) is 0 Å². The molecule has 0 amide bonds. The van der Waals surface area contributed by atoms with Crippen LogP contribution in [0.5, 0.6) is 11.5 Å². The summed E-state index contributed by atoms with van der Waals surface area (Å²) >= 11 is 8.22. The molecule has 2 N–H and O–H groups in total. The highest BCUT2D eigenvalue weighted by Crippen LogP contribution is 2.49. The molecule has 0 saturated heterocycles. The summed E-state index contributed by atoms with van der Waals surface area (Å²) in [6, 6.07) is 11.8. The number of halogens is 1. The first-order chi connectivity index (χ1) is 18.1. The quantitative estimate of drug-likeness (QED) is 0.149. The Morgan fingerprint density at radius 3 is 1.78 bits per heavy atom. The molecule has 2 aromatic carbocycles. The molecule has 37 heavy (non-hydrogen) atoms. The summed E-state index contributed by atoms with van der Waals surface area (Å²) in [5, 5.41) is 20.3. The molecule has 2 rings (SSSR count). The zero-order valence-electron chi connectivity index (χ0n) is 22.3. The third kappa shape index (κ3) is 9.69. The van der Waals surface area contributed by atoms with Gasteiger partial charge in [0.25, 0.3) is 0 Å². The van der Waals surface area contributed by atoms with E-state index in [0.717, 1.165) is 43.4 Å². The largest absolute Gasteiger partial charge is 0.491 e. The number of para-hydroxylation sites is 1. The summed E-state index contributed by atoms with van der Waals surface area (Å²) < 4.78 is 12.2. The Kier molecular flexibility index (Phi) is 14.8. The van der Waals surface area contributed by atoms with Crippen molar-refractivity contribution >= 4 is 29.1 Å². The van der Waals surface area contributed by atoms with Crippen LogP contribution in [0.2, 0.25) is 5.02 Å². The van der Waals surface area contributed by atoms with E-state index >= 15 is 0 Å². The molecule has 0 unspecified atom stereocenters. The smallest absolute Gasteiger partial charge is 0.158 e. The summed E-state index contributed by atoms with van der Waals surface area (Å²) in [6.45, 7) is 5.27. The van der Waals surface area contributed by atoms with Crippen LogP contribution >= 0.6 is 23.4 Å². The first-order valence-electron chi connectivity index (χ1n) is 13.6. The van der Waals surface area contributed by atoms with Crippen LogP contribution in [0, 0.1) is 22.7 Å². The molecule has 5 nitrogen and oxygen atoms in total. The monoisotopic (exact) mass is 541 g/mol. The number of anilines is 1. The van der Waals surface area contributed by atoms with Crippen molar-refractivity contribution in [2.24, 2.45) is 0 Å². The molecule has 0 spiro atoms. The van der Waals surface area contributed by atoms with E-state index in [9.17, 15) is 10.5 Å². The number of hydrogen-bond donors (Lipinski definition) is 1. The second kappa shape index (κ2) is 17.8. The minimum absolute atomic E-state index is 0.127. The van der Waals surface area contributed by atoms with Crippen LogP contribution in [0.4, 0.5) is 5.69 Å². The third-order valence-corrected chi connectivity index (χ3v) is 7.81. The van der Waals surface area contributed by atoms with Crippen molar-refractivity contribution in [3.05, 3.63) is 40.4 Å². The SMILES string of the molecule is CCCCCCCCOc1c(Cl)c(Sc2ccccc2N)c(OCCCCCCCC)c(C#N)c1C#N. The maximum absolute atomic E-state index is 10.1. The standard InChI is InChI=1S/C30H40ClN3O2S/c1-3-5-7-9-11-15-19-35-28-23(21-32)24(22-33)29(36-20-16-12-10-8-6-4-2)30(27(28)31)37-26-18-14-13-17-25(26)34/h13-14,17-18H,3-12,15-16,19-20,34H2,1-2H3. The van der Waals surface area contributed by atoms with E-state index in [-0.39, 0.29) is 21.9 Å². The van der Waals surface area contributed by atoms with Crippen molar-refractivity contribution in [1.29, 1.82) is 10.5 Å². The van der Waals surface area contributed by atoms with E-state index in [0.29, 0.717) is 29.5 Å². The van der Waals surface area contributed by atoms with Gasteiger partial charge in [0, 0.05) is 10.6 Å². The Labute approximate surface area is 232 Å². The molecular weight excluding hydrogens is 502 g/mol. The molecule has 0 aliphatic rings. The molecule has 7 heteroatoms. The number of hydrogen-bond acceptors (Lipinski definition) is 6. The fraction of sp³-hybridized carbons (Fsp3) is 0.533. The maximum Gasteiger partial charge on any atom is 0.158 e. The van der Waals surface area contributed by atoms with E-state index < -0.39 is 0 Å². The second-order valence-electron chi connectivity index (χ2n) is 9.15. The minimum Gasteiger partial charge on any atom is -0.491 e. The lowest BCUT2D eigenvalue weighted by Gasteiger charge is -2.19. The zero-order chi connectivity index (χ0) is 26.9. The van der Waals surface area contributed by atoms with Gasteiger partial charge in [-0.2, -0.15) is 10.5 Å². The van der Waals surface area contributed by atoms with Crippen LogP contribution in [0.3, 0.4) is 0 Å². The van der Waals surface area contributed by atoms with E-state index in [1.165, 1.54) is 50.3 Å². The predicted octanol–water partition coefficient (Wildman–Crippen LogP) is 9.30. The molecule has 0 radical (unpaired) electrons. The van der Waals surface area contributed by atoms with Gasteiger partial charge in [-0.05, 0) is 25.0 Å². The van der Waals surface area contributed by atoms with Crippen molar-refractivity contribution in [3.8, 4) is 23.6 Å². The first-order valence-corrected chi connectivity index (χ1v) is 14.8. The van der Waals surface area contributed by atoms with Gasteiger partial charge in [-0.15, -0.1) is 0 Å². The fourth-order valence-electron chi connectivity index (χ4n) is 4.03. The van der Waals surface area contributed by atoms with Crippen LogP contribution in [0.25, 0.3) is 0 Å². The average Bonchev–Trinajstić information content (AvgIpc) is 2.91. The highest BCUT2D eigenvalue weighted by Gasteiger charge is 2.27. The lowest BCUT2D eigenvalue weighted by Crippen LogP contribution is -2.07. The molecule has 0 saturated carbocycles. The van der Waals surface area contributed by atoms with Gasteiger partial charge < -0.3 is 15.2 Å². The van der Waals surface area contributed by atoms with Crippen molar-refractivity contribution in [3.63, 3.8) is 0 Å². The molecule has 0 atom stereocenters. The van der Waals surface area contributed by atoms with Crippen molar-refractivity contribution in [1.82, 2.24) is 0 Å². The van der Waals surface area contributed by atoms with E-state index in [2.05, 4.69) is 26.0 Å². The molecule has 0 aliphatic heterocycles. The van der Waals surface area contributed by atoms with Gasteiger partial charge in [0.1, 0.15) is 28.3 Å². The first kappa shape index (κ1) is 30.7. The molecule has 0 aromatic heterocycles. The van der Waals surface area contributed by atoms with Gasteiger partial charge in [-0.3, -0.25) is 0 Å². The second-order valence-corrected chi connectivity index (χ2v) is 10.6. The van der Waals surface area contributed by atoms with Gasteiger partial charge in [-0.1, -0.05) is 114 Å². The minimum atomic E-state index is 0.127. The lowest BCUT2D eigenvalue weighted by molar-refractivity contribution is 0.289. The number of ether oxygens (including phenoxy) is 2. The summed E-state index contributed by atoms with van der Waals surface area (Å²) in [7, 11) is 0. The van der Waals surface area contributed by atoms with Gasteiger partial charge >= 0.3 is 0 Å². The van der Waals surface area contributed by atoms with Crippen LogP contribution in [0.1, 0.15) is 102 Å². The average molecular weight is 542 g/mol. The van der Waals surface area contributed by atoms with Crippen LogP contribution in [-0.4, -0.2) is 13.2 Å². The lowest BCUT2D eigenvalue weighted by atomic mass is 10.1. The van der Waals surface area contributed by atoms with E-state index in [1.54, 1.807) is 0 Å². The molecule has 2 aromatic rings. The maximum atomic E-state index is 10.1. The van der Waals surface area contributed by atoms with Gasteiger partial charge in [0.15, 0.2) is 11.5 Å². The van der Waals surface area contributed by atoms with Crippen LogP contribution in [0.15, 0.2) is 34.1 Å². The number of nitrogens with two attached hydrogens (primary N) is 1. The van der Waals surface area contributed by atoms with Crippen molar-refractivity contribution in [2.45, 2.75) is 101 Å². The third-order valence-electron chi connectivity index (χ3n) is 6.15. The Morgan fingerprint density at radius 2 is 1.24 bits per heavy atom. The number of nitrogen functional groups attached to an aromatic ring is 1. The van der Waals surface area contributed by atoms with Crippen molar-refractivity contribution < 1.29 is 9.47 Å². The van der Waals surface area contributed by atoms with E-state index in [1.807, 2.05) is 24.3 Å². The van der Waals surface area contributed by atoms with Crippen LogP contribution < -0.4 is 15.2 Å². The topological polar surface area (TPSA) is 92.1 Å². The number of rotatable bonds is 18. The summed E-state index contributed by atoms with van der Waals surface area (Å²) in [6.07, 6.45) is 13.4. The van der Waals surface area contributed by atoms with Gasteiger partial charge in [0.05, 0.1) is 18.1 Å². The molecular formula is C30H40ClN3O2S. The zero-order valence-corrected chi connectivity index (χ0v) is 23.9.